The number of ether oxygens (including phenoxy) is 1. The third-order valence-electron chi connectivity index (χ3n) is 1.89. The van der Waals surface area contributed by atoms with Crippen molar-refractivity contribution in [2.45, 2.75) is 11.9 Å². The molecule has 0 saturated carbocycles. The highest BCUT2D eigenvalue weighted by atomic mass is 35.5. The van der Waals surface area contributed by atoms with E-state index < -0.39 is 0 Å². The van der Waals surface area contributed by atoms with Crippen LogP contribution in [-0.2, 0) is 11.3 Å². The van der Waals surface area contributed by atoms with Gasteiger partial charge in [0.1, 0.15) is 0 Å². The van der Waals surface area contributed by atoms with Gasteiger partial charge in [-0.3, -0.25) is 4.98 Å². The Morgan fingerprint density at radius 1 is 1.60 bits per heavy atom. The Balaban J connectivity index is 2.29. The van der Waals surface area contributed by atoms with E-state index in [0.29, 0.717) is 24.7 Å². The van der Waals surface area contributed by atoms with E-state index in [1.807, 2.05) is 6.07 Å². The van der Waals surface area contributed by atoms with Gasteiger partial charge in [-0.1, -0.05) is 11.6 Å². The van der Waals surface area contributed by atoms with E-state index in [1.54, 1.807) is 19.5 Å². The van der Waals surface area contributed by atoms with Crippen molar-refractivity contribution in [2.75, 3.05) is 20.3 Å². The molecule has 1 heterocycles. The number of halogens is 2. The van der Waals surface area contributed by atoms with Gasteiger partial charge in [-0.15, -0.1) is 11.6 Å². The average molecular weight is 249 g/mol. The van der Waals surface area contributed by atoms with E-state index in [1.165, 1.54) is 0 Å². The number of nitrogens with one attached hydrogen (secondary N) is 1. The first-order chi connectivity index (χ1) is 7.24. The summed E-state index contributed by atoms with van der Waals surface area (Å²) in [7, 11) is 1.63. The lowest BCUT2D eigenvalue weighted by Crippen LogP contribution is -2.25. The lowest BCUT2D eigenvalue weighted by molar-refractivity contribution is 0.197. The van der Waals surface area contributed by atoms with Crippen LogP contribution in [0.1, 0.15) is 5.56 Å². The van der Waals surface area contributed by atoms with E-state index in [2.05, 4.69) is 10.3 Å². The molecule has 1 aromatic heterocycles. The maximum Gasteiger partial charge on any atom is 0.0694 e. The lowest BCUT2D eigenvalue weighted by Gasteiger charge is -2.10. The minimum atomic E-state index is -0.0180. The van der Waals surface area contributed by atoms with Gasteiger partial charge in [-0.2, -0.15) is 0 Å². The van der Waals surface area contributed by atoms with Crippen molar-refractivity contribution in [3.63, 3.8) is 0 Å². The van der Waals surface area contributed by atoms with Gasteiger partial charge in [0.25, 0.3) is 0 Å². The smallest absolute Gasteiger partial charge is 0.0694 e. The summed E-state index contributed by atoms with van der Waals surface area (Å²) in [5, 5.41) is 3.85. The summed E-state index contributed by atoms with van der Waals surface area (Å²) in [4.78, 5) is 3.91. The van der Waals surface area contributed by atoms with E-state index in [9.17, 15) is 0 Å². The van der Waals surface area contributed by atoms with Crippen molar-refractivity contribution in [2.24, 2.45) is 0 Å². The molecule has 0 aliphatic heterocycles. The molecule has 0 spiro atoms. The number of methoxy groups -OCH3 is 1. The third kappa shape index (κ3) is 4.80. The first-order valence-corrected chi connectivity index (χ1v) is 5.47. The van der Waals surface area contributed by atoms with Crippen molar-refractivity contribution in [1.29, 1.82) is 0 Å². The van der Waals surface area contributed by atoms with Gasteiger partial charge in [-0.05, 0) is 11.6 Å². The molecule has 0 aromatic carbocycles. The fourth-order valence-electron chi connectivity index (χ4n) is 1.15. The fourth-order valence-corrected chi connectivity index (χ4v) is 1.57. The molecule has 1 unspecified atom stereocenters. The third-order valence-corrected chi connectivity index (χ3v) is 2.51. The number of nitrogens with zero attached hydrogens (tertiary/aromatic N) is 1. The van der Waals surface area contributed by atoms with E-state index in [4.69, 9.17) is 27.9 Å². The number of hydrogen-bond acceptors (Lipinski definition) is 3. The Morgan fingerprint density at radius 2 is 2.40 bits per heavy atom. The zero-order chi connectivity index (χ0) is 11.1. The van der Waals surface area contributed by atoms with Crippen LogP contribution >= 0.6 is 23.2 Å². The number of aromatic nitrogens is 1. The normalized spacial score (nSPS) is 12.7. The Bertz CT molecular complexity index is 297. The largest absolute Gasteiger partial charge is 0.383 e. The zero-order valence-electron chi connectivity index (χ0n) is 8.54. The number of hydrogen-bond donors (Lipinski definition) is 1. The summed E-state index contributed by atoms with van der Waals surface area (Å²) >= 11 is 11.9. The van der Waals surface area contributed by atoms with Crippen molar-refractivity contribution in [3.8, 4) is 0 Å². The molecule has 5 heteroatoms. The minimum absolute atomic E-state index is 0.0180. The predicted octanol–water partition coefficient (Wildman–Crippen LogP) is 2.08. The molecule has 1 rings (SSSR count). The summed E-state index contributed by atoms with van der Waals surface area (Å²) in [6.07, 6.45) is 3.35. The fraction of sp³-hybridized carbons (Fsp3) is 0.500. The van der Waals surface area contributed by atoms with Crippen molar-refractivity contribution in [3.05, 3.63) is 29.0 Å². The van der Waals surface area contributed by atoms with Crippen LogP contribution < -0.4 is 5.32 Å². The number of alkyl halides is 1. The van der Waals surface area contributed by atoms with Crippen LogP contribution in [0.25, 0.3) is 0 Å². The molecule has 1 aromatic rings. The first-order valence-electron chi connectivity index (χ1n) is 4.66. The quantitative estimate of drug-likeness (QED) is 0.784. The standard InChI is InChI=1S/C10H14Cl2N2O/c1-15-7-9(11)5-14-4-8-2-3-13-6-10(8)12/h2-3,6,9,14H,4-5,7H2,1H3. The topological polar surface area (TPSA) is 34.1 Å². The Labute approximate surface area is 99.7 Å². The Hall–Kier alpha value is -0.350. The van der Waals surface area contributed by atoms with E-state index in [-0.39, 0.29) is 5.38 Å². The molecule has 3 nitrogen and oxygen atoms in total. The van der Waals surface area contributed by atoms with E-state index in [0.717, 1.165) is 5.56 Å². The Kier molecular flexibility index (Phi) is 5.95. The maximum atomic E-state index is 5.95. The summed E-state index contributed by atoms with van der Waals surface area (Å²) < 4.78 is 4.92. The van der Waals surface area contributed by atoms with Gasteiger partial charge < -0.3 is 10.1 Å². The predicted molar refractivity (Wildman–Crippen MR) is 62.5 cm³/mol. The maximum absolute atomic E-state index is 5.95. The van der Waals surface area contributed by atoms with Gasteiger partial charge in [0, 0.05) is 32.6 Å². The number of rotatable bonds is 6. The van der Waals surface area contributed by atoms with E-state index >= 15 is 0 Å². The van der Waals surface area contributed by atoms with Gasteiger partial charge >= 0.3 is 0 Å². The van der Waals surface area contributed by atoms with Crippen molar-refractivity contribution in [1.82, 2.24) is 10.3 Å². The Morgan fingerprint density at radius 3 is 3.07 bits per heavy atom. The summed E-state index contributed by atoms with van der Waals surface area (Å²) in [5.74, 6) is 0. The molecule has 84 valence electrons. The van der Waals surface area contributed by atoms with Crippen LogP contribution in [0.15, 0.2) is 18.5 Å². The van der Waals surface area contributed by atoms with Crippen LogP contribution in [-0.4, -0.2) is 30.6 Å². The monoisotopic (exact) mass is 248 g/mol. The molecular formula is C10H14Cl2N2O. The molecular weight excluding hydrogens is 235 g/mol. The highest BCUT2D eigenvalue weighted by Crippen LogP contribution is 2.12. The second kappa shape index (κ2) is 7.01. The average Bonchev–Trinajstić information content (AvgIpc) is 2.21. The molecule has 0 aliphatic rings. The lowest BCUT2D eigenvalue weighted by atomic mass is 10.2. The molecule has 0 fully saturated rings. The number of pyridine rings is 1. The summed E-state index contributed by atoms with van der Waals surface area (Å²) in [5.41, 5.74) is 1.02. The summed E-state index contributed by atoms with van der Waals surface area (Å²) in [6, 6.07) is 1.88. The molecule has 1 atom stereocenters. The van der Waals surface area contributed by atoms with Gasteiger partial charge in [0.05, 0.1) is 17.0 Å². The van der Waals surface area contributed by atoms with Crippen molar-refractivity contribution >= 4 is 23.2 Å². The molecule has 0 amide bonds. The van der Waals surface area contributed by atoms with Crippen LogP contribution in [0.3, 0.4) is 0 Å². The molecule has 0 radical (unpaired) electrons. The van der Waals surface area contributed by atoms with Crippen LogP contribution in [0.5, 0.6) is 0 Å². The zero-order valence-corrected chi connectivity index (χ0v) is 10.1. The SMILES string of the molecule is COCC(Cl)CNCc1ccncc1Cl. The van der Waals surface area contributed by atoms with Crippen LogP contribution in [0, 0.1) is 0 Å². The molecule has 0 saturated heterocycles. The molecule has 0 aliphatic carbocycles. The van der Waals surface area contributed by atoms with Gasteiger partial charge in [0.15, 0.2) is 0 Å². The minimum Gasteiger partial charge on any atom is -0.383 e. The van der Waals surface area contributed by atoms with Crippen LogP contribution in [0.2, 0.25) is 5.02 Å². The van der Waals surface area contributed by atoms with Gasteiger partial charge in [-0.25, -0.2) is 0 Å². The molecule has 0 bridgehead atoms. The van der Waals surface area contributed by atoms with Crippen molar-refractivity contribution < 1.29 is 4.74 Å². The summed E-state index contributed by atoms with van der Waals surface area (Å²) in [6.45, 7) is 1.92. The second-order valence-corrected chi connectivity index (χ2v) is 4.18. The molecule has 1 N–H and O–H groups in total. The molecule has 15 heavy (non-hydrogen) atoms. The highest BCUT2D eigenvalue weighted by Gasteiger charge is 2.04. The van der Waals surface area contributed by atoms with Gasteiger partial charge in [0.2, 0.25) is 0 Å². The second-order valence-electron chi connectivity index (χ2n) is 3.15. The highest BCUT2D eigenvalue weighted by molar-refractivity contribution is 6.31. The van der Waals surface area contributed by atoms with Crippen LogP contribution in [0.4, 0.5) is 0 Å². The first kappa shape index (κ1) is 12.7.